The number of ether oxygens (including phenoxy) is 1. The van der Waals surface area contributed by atoms with Crippen molar-refractivity contribution in [3.63, 3.8) is 0 Å². The van der Waals surface area contributed by atoms with Crippen molar-refractivity contribution in [3.8, 4) is 0 Å². The SMILES string of the molecule is CCC[C@@H](C)NC(=O)COC(=O)c1cccc(S(=O)(=O)NCc2ccccc2)c1. The van der Waals surface area contributed by atoms with Crippen molar-refractivity contribution in [1.29, 1.82) is 0 Å². The molecule has 0 saturated carbocycles. The first-order chi connectivity index (χ1) is 13.8. The lowest BCUT2D eigenvalue weighted by molar-refractivity contribution is -0.124. The van der Waals surface area contributed by atoms with Crippen molar-refractivity contribution in [3.05, 3.63) is 65.7 Å². The number of rotatable bonds is 10. The molecule has 0 fully saturated rings. The van der Waals surface area contributed by atoms with Crippen LogP contribution in [0.5, 0.6) is 0 Å². The van der Waals surface area contributed by atoms with Gasteiger partial charge < -0.3 is 10.1 Å². The molecule has 1 atom stereocenters. The smallest absolute Gasteiger partial charge is 0.338 e. The van der Waals surface area contributed by atoms with Crippen molar-refractivity contribution in [2.75, 3.05) is 6.61 Å². The highest BCUT2D eigenvalue weighted by Gasteiger charge is 2.17. The van der Waals surface area contributed by atoms with Gasteiger partial charge in [-0.1, -0.05) is 49.7 Å². The molecule has 2 N–H and O–H groups in total. The predicted octanol–water partition coefficient (Wildman–Crippen LogP) is 2.63. The number of benzene rings is 2. The summed E-state index contributed by atoms with van der Waals surface area (Å²) in [5.41, 5.74) is 0.872. The summed E-state index contributed by atoms with van der Waals surface area (Å²) < 4.78 is 32.5. The Labute approximate surface area is 171 Å². The van der Waals surface area contributed by atoms with Gasteiger partial charge in [0.1, 0.15) is 0 Å². The largest absolute Gasteiger partial charge is 0.452 e. The standard InChI is InChI=1S/C21H26N2O5S/c1-3-8-16(2)23-20(24)15-28-21(25)18-11-7-12-19(13-18)29(26,27)22-14-17-9-5-4-6-10-17/h4-7,9-13,16,22H,3,8,14-15H2,1-2H3,(H,23,24)/t16-/m1/s1. The van der Waals surface area contributed by atoms with Crippen LogP contribution < -0.4 is 10.0 Å². The molecule has 0 aliphatic carbocycles. The van der Waals surface area contributed by atoms with Crippen molar-refractivity contribution < 1.29 is 22.7 Å². The van der Waals surface area contributed by atoms with Gasteiger partial charge in [0, 0.05) is 12.6 Å². The minimum absolute atomic E-state index is 0.00429. The maximum absolute atomic E-state index is 12.5. The molecule has 8 heteroatoms. The summed E-state index contributed by atoms with van der Waals surface area (Å²) in [5, 5.41) is 2.73. The summed E-state index contributed by atoms with van der Waals surface area (Å²) in [4.78, 5) is 24.0. The zero-order valence-electron chi connectivity index (χ0n) is 16.6. The van der Waals surface area contributed by atoms with E-state index >= 15 is 0 Å². The van der Waals surface area contributed by atoms with Crippen molar-refractivity contribution in [2.24, 2.45) is 0 Å². The number of esters is 1. The van der Waals surface area contributed by atoms with E-state index in [1.165, 1.54) is 24.3 Å². The predicted molar refractivity (Wildman–Crippen MR) is 110 cm³/mol. The summed E-state index contributed by atoms with van der Waals surface area (Å²) in [7, 11) is -3.81. The Bertz CT molecular complexity index is 929. The van der Waals surface area contributed by atoms with Crippen LogP contribution in [0, 0.1) is 0 Å². The number of hydrogen-bond donors (Lipinski definition) is 2. The Kier molecular flexibility index (Phi) is 8.35. The Hall–Kier alpha value is -2.71. The molecule has 0 aliphatic rings. The van der Waals surface area contributed by atoms with Gasteiger partial charge in [-0.2, -0.15) is 0 Å². The summed E-state index contributed by atoms with van der Waals surface area (Å²) in [5.74, 6) is -1.16. The lowest BCUT2D eigenvalue weighted by Gasteiger charge is -2.13. The van der Waals surface area contributed by atoms with E-state index in [4.69, 9.17) is 4.74 Å². The summed E-state index contributed by atoms with van der Waals surface area (Å²) in [6.45, 7) is 3.60. The topological polar surface area (TPSA) is 102 Å². The molecule has 0 saturated heterocycles. The lowest BCUT2D eigenvalue weighted by atomic mass is 10.2. The van der Waals surface area contributed by atoms with Gasteiger partial charge in [-0.15, -0.1) is 0 Å². The summed E-state index contributed by atoms with van der Waals surface area (Å²) >= 11 is 0. The second-order valence-corrected chi connectivity index (χ2v) is 8.44. The highest BCUT2D eigenvalue weighted by Crippen LogP contribution is 2.13. The van der Waals surface area contributed by atoms with E-state index < -0.39 is 28.5 Å². The Balaban J connectivity index is 1.97. The van der Waals surface area contributed by atoms with Crippen LogP contribution in [0.3, 0.4) is 0 Å². The molecule has 0 unspecified atom stereocenters. The summed E-state index contributed by atoms with van der Waals surface area (Å²) in [6.07, 6.45) is 1.76. The lowest BCUT2D eigenvalue weighted by Crippen LogP contribution is -2.35. The first-order valence-corrected chi connectivity index (χ1v) is 10.9. The van der Waals surface area contributed by atoms with Crippen LogP contribution in [-0.2, 0) is 26.1 Å². The molecule has 0 aromatic heterocycles. The maximum atomic E-state index is 12.5. The summed E-state index contributed by atoms with van der Waals surface area (Å²) in [6, 6.07) is 14.6. The molecule has 1 amide bonds. The van der Waals surface area contributed by atoms with Gasteiger partial charge in [0.05, 0.1) is 10.5 Å². The zero-order valence-corrected chi connectivity index (χ0v) is 17.4. The number of carbonyl (C=O) groups excluding carboxylic acids is 2. The molecular formula is C21H26N2O5S. The highest BCUT2D eigenvalue weighted by atomic mass is 32.2. The third-order valence-electron chi connectivity index (χ3n) is 4.15. The molecule has 2 rings (SSSR count). The van der Waals surface area contributed by atoms with Crippen LogP contribution >= 0.6 is 0 Å². The fourth-order valence-corrected chi connectivity index (χ4v) is 3.75. The normalized spacial score (nSPS) is 12.2. The van der Waals surface area contributed by atoms with Gasteiger partial charge in [0.2, 0.25) is 10.0 Å². The number of amides is 1. The number of sulfonamides is 1. The van der Waals surface area contributed by atoms with Crippen molar-refractivity contribution in [1.82, 2.24) is 10.0 Å². The third kappa shape index (κ3) is 7.32. The fourth-order valence-electron chi connectivity index (χ4n) is 2.68. The molecule has 156 valence electrons. The van der Waals surface area contributed by atoms with E-state index in [-0.39, 0.29) is 23.0 Å². The van der Waals surface area contributed by atoms with Crippen LogP contribution in [0.4, 0.5) is 0 Å². The zero-order chi connectivity index (χ0) is 21.3. The van der Waals surface area contributed by atoms with Gasteiger partial charge in [0.15, 0.2) is 6.61 Å². The molecule has 0 bridgehead atoms. The third-order valence-corrected chi connectivity index (χ3v) is 5.55. The van der Waals surface area contributed by atoms with Crippen LogP contribution in [0.25, 0.3) is 0 Å². The highest BCUT2D eigenvalue weighted by molar-refractivity contribution is 7.89. The van der Waals surface area contributed by atoms with Gasteiger partial charge in [-0.3, -0.25) is 4.79 Å². The van der Waals surface area contributed by atoms with Crippen molar-refractivity contribution >= 4 is 21.9 Å². The second kappa shape index (κ2) is 10.7. The number of nitrogens with one attached hydrogen (secondary N) is 2. The van der Waals surface area contributed by atoms with Crippen LogP contribution in [0.1, 0.15) is 42.6 Å². The van der Waals surface area contributed by atoms with Gasteiger partial charge >= 0.3 is 5.97 Å². The van der Waals surface area contributed by atoms with Crippen molar-refractivity contribution in [2.45, 2.75) is 44.2 Å². The van der Waals surface area contributed by atoms with E-state index in [9.17, 15) is 18.0 Å². The molecule has 0 radical (unpaired) electrons. The number of hydrogen-bond acceptors (Lipinski definition) is 5. The van der Waals surface area contributed by atoms with E-state index in [0.717, 1.165) is 18.4 Å². The first kappa shape index (κ1) is 22.6. The molecule has 0 aliphatic heterocycles. The van der Waals surface area contributed by atoms with Crippen LogP contribution in [0.2, 0.25) is 0 Å². The molecule has 2 aromatic rings. The number of carbonyl (C=O) groups is 2. The Morgan fingerprint density at radius 2 is 1.79 bits per heavy atom. The van der Waals surface area contributed by atoms with E-state index in [0.29, 0.717) is 0 Å². The van der Waals surface area contributed by atoms with Gasteiger partial charge in [0.25, 0.3) is 5.91 Å². The first-order valence-electron chi connectivity index (χ1n) is 9.42. The molecule has 2 aromatic carbocycles. The van der Waals surface area contributed by atoms with Gasteiger partial charge in [-0.25, -0.2) is 17.9 Å². The molecular weight excluding hydrogens is 392 g/mol. The van der Waals surface area contributed by atoms with E-state index in [1.807, 2.05) is 44.2 Å². The van der Waals surface area contributed by atoms with Crippen LogP contribution in [-0.4, -0.2) is 32.9 Å². The molecule has 0 heterocycles. The van der Waals surface area contributed by atoms with E-state index in [1.54, 1.807) is 0 Å². The van der Waals surface area contributed by atoms with Crippen LogP contribution in [0.15, 0.2) is 59.5 Å². The second-order valence-electron chi connectivity index (χ2n) is 6.67. The average Bonchev–Trinajstić information content (AvgIpc) is 2.71. The Morgan fingerprint density at radius 3 is 2.48 bits per heavy atom. The van der Waals surface area contributed by atoms with E-state index in [2.05, 4.69) is 10.0 Å². The average molecular weight is 419 g/mol. The molecule has 7 nitrogen and oxygen atoms in total. The fraction of sp³-hybridized carbons (Fsp3) is 0.333. The molecule has 29 heavy (non-hydrogen) atoms. The minimum Gasteiger partial charge on any atom is -0.452 e. The molecule has 0 spiro atoms. The monoisotopic (exact) mass is 418 g/mol. The minimum atomic E-state index is -3.81. The van der Waals surface area contributed by atoms with Gasteiger partial charge in [-0.05, 0) is 37.1 Å². The Morgan fingerprint density at radius 1 is 1.07 bits per heavy atom. The quantitative estimate of drug-likeness (QED) is 0.578. The maximum Gasteiger partial charge on any atom is 0.338 e.